The Morgan fingerprint density at radius 2 is 1.62 bits per heavy atom. The number of rotatable bonds is 11. The van der Waals surface area contributed by atoms with E-state index in [0.29, 0.717) is 19.8 Å². The molecule has 3 aromatic carbocycles. The second kappa shape index (κ2) is 13.0. The predicted octanol–water partition coefficient (Wildman–Crippen LogP) is 8.23. The summed E-state index contributed by atoms with van der Waals surface area (Å²) in [6.07, 6.45) is 7.03. The number of nitrogens with one attached hydrogen (secondary N) is 1. The second-order valence-corrected chi connectivity index (χ2v) is 11.6. The number of halogens is 1. The van der Waals surface area contributed by atoms with E-state index < -0.39 is 5.60 Å². The van der Waals surface area contributed by atoms with Gasteiger partial charge in [-0.1, -0.05) is 56.4 Å². The van der Waals surface area contributed by atoms with Crippen molar-refractivity contribution in [3.05, 3.63) is 89.2 Å². The molecule has 2 unspecified atom stereocenters. The average molecular weight is 548 g/mol. The van der Waals surface area contributed by atoms with Crippen molar-refractivity contribution in [1.82, 2.24) is 0 Å². The summed E-state index contributed by atoms with van der Waals surface area (Å²) >= 11 is 0. The van der Waals surface area contributed by atoms with Crippen molar-refractivity contribution in [3.63, 3.8) is 0 Å². The van der Waals surface area contributed by atoms with Crippen LogP contribution in [0.3, 0.4) is 0 Å². The van der Waals surface area contributed by atoms with Gasteiger partial charge in [-0.3, -0.25) is 0 Å². The van der Waals surface area contributed by atoms with Gasteiger partial charge in [-0.2, -0.15) is 0 Å². The first kappa shape index (κ1) is 28.4. The predicted molar refractivity (Wildman–Crippen MR) is 156 cm³/mol. The van der Waals surface area contributed by atoms with E-state index in [-0.39, 0.29) is 18.0 Å². The van der Waals surface area contributed by atoms with Crippen LogP contribution in [0.25, 0.3) is 0 Å². The maximum Gasteiger partial charge on any atom is 0.132 e. The quantitative estimate of drug-likeness (QED) is 0.262. The van der Waals surface area contributed by atoms with Gasteiger partial charge in [0.15, 0.2) is 0 Å². The maximum absolute atomic E-state index is 13.5. The largest absolute Gasteiger partial charge is 0.497 e. The van der Waals surface area contributed by atoms with Crippen molar-refractivity contribution in [2.75, 3.05) is 19.0 Å². The van der Waals surface area contributed by atoms with Crippen molar-refractivity contribution in [3.8, 4) is 11.5 Å². The van der Waals surface area contributed by atoms with Gasteiger partial charge < -0.3 is 24.3 Å². The van der Waals surface area contributed by atoms with Crippen LogP contribution in [0.5, 0.6) is 11.5 Å². The zero-order valence-corrected chi connectivity index (χ0v) is 24.0. The first-order chi connectivity index (χ1) is 19.4. The molecule has 0 aromatic heterocycles. The maximum atomic E-state index is 13.5. The Kier molecular flexibility index (Phi) is 9.28. The smallest absolute Gasteiger partial charge is 0.132 e. The van der Waals surface area contributed by atoms with Crippen molar-refractivity contribution in [1.29, 1.82) is 0 Å². The van der Waals surface area contributed by atoms with Crippen LogP contribution < -0.4 is 14.8 Å². The van der Waals surface area contributed by atoms with Gasteiger partial charge in [-0.15, -0.1) is 0 Å². The number of methoxy groups -OCH3 is 1. The highest BCUT2D eigenvalue weighted by atomic mass is 19.1. The van der Waals surface area contributed by atoms with Crippen LogP contribution in [0.1, 0.15) is 75.2 Å². The van der Waals surface area contributed by atoms with E-state index in [1.165, 1.54) is 44.2 Å². The molecule has 6 heteroatoms. The Balaban J connectivity index is 1.35. The molecule has 5 nitrogen and oxygen atoms in total. The molecule has 214 valence electrons. The molecule has 0 amide bonds. The summed E-state index contributed by atoms with van der Waals surface area (Å²) in [6.45, 7) is 5.83. The third-order valence-electron chi connectivity index (χ3n) is 8.20. The molecule has 1 heterocycles. The molecule has 1 N–H and O–H groups in total. The van der Waals surface area contributed by atoms with Gasteiger partial charge >= 0.3 is 0 Å². The van der Waals surface area contributed by atoms with E-state index >= 15 is 0 Å². The second-order valence-electron chi connectivity index (χ2n) is 11.6. The van der Waals surface area contributed by atoms with E-state index in [4.69, 9.17) is 18.9 Å². The third-order valence-corrected chi connectivity index (χ3v) is 8.20. The first-order valence-corrected chi connectivity index (χ1v) is 14.6. The van der Waals surface area contributed by atoms with Crippen molar-refractivity contribution in [2.24, 2.45) is 5.92 Å². The van der Waals surface area contributed by atoms with Crippen LogP contribution >= 0.6 is 0 Å². The molecular formula is C34H42FNO4. The Bertz CT molecular complexity index is 1220. The molecule has 1 aliphatic heterocycles. The van der Waals surface area contributed by atoms with Crippen molar-refractivity contribution < 1.29 is 23.3 Å². The van der Waals surface area contributed by atoms with Gasteiger partial charge in [0.25, 0.3) is 0 Å². The van der Waals surface area contributed by atoms with Gasteiger partial charge in [0.1, 0.15) is 35.1 Å². The number of fused-ring (bicyclic) bond motifs is 1. The summed E-state index contributed by atoms with van der Waals surface area (Å²) in [7, 11) is 1.67. The van der Waals surface area contributed by atoms with Crippen LogP contribution in [0, 0.1) is 11.7 Å². The molecule has 0 radical (unpaired) electrons. The highest BCUT2D eigenvalue weighted by Crippen LogP contribution is 2.45. The molecule has 40 heavy (non-hydrogen) atoms. The van der Waals surface area contributed by atoms with Crippen LogP contribution in [0.15, 0.2) is 66.7 Å². The average Bonchev–Trinajstić information content (AvgIpc) is 2.97. The van der Waals surface area contributed by atoms with Gasteiger partial charge in [-0.25, -0.2) is 4.39 Å². The summed E-state index contributed by atoms with van der Waals surface area (Å²) in [6, 6.07) is 20.7. The number of benzene rings is 3. The summed E-state index contributed by atoms with van der Waals surface area (Å²) in [5, 5.41) is 3.55. The number of hydrogen-bond donors (Lipinski definition) is 1. The molecule has 0 bridgehead atoms. The van der Waals surface area contributed by atoms with E-state index in [9.17, 15) is 4.39 Å². The zero-order chi connectivity index (χ0) is 28.0. The summed E-state index contributed by atoms with van der Waals surface area (Å²) < 4.78 is 38.5. The molecule has 0 spiro atoms. The third kappa shape index (κ3) is 7.15. The number of anilines is 1. The first-order valence-electron chi connectivity index (χ1n) is 14.6. The SMILES string of the molecule is COc1ccc(CNc2ccc3c(c2)C(OCCC2CCCCC2)C(OCc2ccc(F)cc2)C(C)(C)O3)cc1. The monoisotopic (exact) mass is 547 g/mol. The molecule has 2 aliphatic rings. The normalized spacial score (nSPS) is 20.4. The lowest BCUT2D eigenvalue weighted by Gasteiger charge is -2.44. The Morgan fingerprint density at radius 1 is 0.900 bits per heavy atom. The standard InChI is InChI=1S/C34H42FNO4/c1-34(2)33(39-23-26-9-13-27(35)14-10-26)32(38-20-19-24-7-5-4-6-8-24)30-21-28(15-18-31(30)40-34)36-22-25-11-16-29(37-3)17-12-25/h9-18,21,24,32-33,36H,4-8,19-20,22-23H2,1-3H3. The fourth-order valence-electron chi connectivity index (χ4n) is 5.86. The summed E-state index contributed by atoms with van der Waals surface area (Å²) in [4.78, 5) is 0. The fraction of sp³-hybridized carbons (Fsp3) is 0.471. The van der Waals surface area contributed by atoms with Crippen LogP contribution in [-0.2, 0) is 22.6 Å². The van der Waals surface area contributed by atoms with E-state index in [0.717, 1.165) is 46.2 Å². The van der Waals surface area contributed by atoms with Gasteiger partial charge in [0.2, 0.25) is 0 Å². The Morgan fingerprint density at radius 3 is 2.35 bits per heavy atom. The molecule has 1 aliphatic carbocycles. The molecular weight excluding hydrogens is 505 g/mol. The highest BCUT2D eigenvalue weighted by molar-refractivity contribution is 5.54. The molecule has 5 rings (SSSR count). The molecule has 1 fully saturated rings. The Hall–Kier alpha value is -3.09. The van der Waals surface area contributed by atoms with Gasteiger partial charge in [0.05, 0.1) is 13.7 Å². The summed E-state index contributed by atoms with van der Waals surface area (Å²) in [5.74, 6) is 2.15. The van der Waals surface area contributed by atoms with Crippen molar-refractivity contribution >= 4 is 5.69 Å². The minimum Gasteiger partial charge on any atom is -0.497 e. The highest BCUT2D eigenvalue weighted by Gasteiger charge is 2.45. The summed E-state index contributed by atoms with van der Waals surface area (Å²) in [5.41, 5.74) is 3.46. The van der Waals surface area contributed by atoms with E-state index in [1.54, 1.807) is 19.2 Å². The molecule has 1 saturated carbocycles. The van der Waals surface area contributed by atoms with E-state index in [2.05, 4.69) is 43.4 Å². The van der Waals surface area contributed by atoms with Crippen LogP contribution in [0.4, 0.5) is 10.1 Å². The lowest BCUT2D eigenvalue weighted by molar-refractivity contribution is -0.168. The van der Waals surface area contributed by atoms with Crippen LogP contribution in [-0.4, -0.2) is 25.4 Å². The molecule has 3 aromatic rings. The molecule has 0 saturated heterocycles. The fourth-order valence-corrected chi connectivity index (χ4v) is 5.86. The molecule has 2 atom stereocenters. The lowest BCUT2D eigenvalue weighted by atomic mass is 9.86. The lowest BCUT2D eigenvalue weighted by Crippen LogP contribution is -2.51. The Labute approximate surface area is 238 Å². The number of ether oxygens (including phenoxy) is 4. The van der Waals surface area contributed by atoms with Gasteiger partial charge in [0, 0.05) is 24.4 Å². The topological polar surface area (TPSA) is 49.0 Å². The minimum absolute atomic E-state index is 0.252. The minimum atomic E-state index is -0.611. The van der Waals surface area contributed by atoms with E-state index in [1.807, 2.05) is 18.2 Å². The van der Waals surface area contributed by atoms with Crippen molar-refractivity contribution in [2.45, 2.75) is 83.3 Å². The van der Waals surface area contributed by atoms with Crippen LogP contribution in [0.2, 0.25) is 0 Å². The number of hydrogen-bond acceptors (Lipinski definition) is 5. The zero-order valence-electron chi connectivity index (χ0n) is 24.0. The van der Waals surface area contributed by atoms with Gasteiger partial charge in [-0.05, 0) is 79.8 Å².